The number of carbonyl (C=O) groups is 5. The van der Waals surface area contributed by atoms with Crippen molar-refractivity contribution in [3.8, 4) is 0 Å². The largest absolute Gasteiger partial charge is 0.467 e. The predicted molar refractivity (Wildman–Crippen MR) is 138 cm³/mol. The number of hydrogen-bond donors (Lipinski definition) is 3. The number of nitrogens with zero attached hydrogens (tertiary/aromatic N) is 1. The van der Waals surface area contributed by atoms with Crippen LogP contribution in [0.15, 0.2) is 30.3 Å². The fourth-order valence-electron chi connectivity index (χ4n) is 2.96. The van der Waals surface area contributed by atoms with Gasteiger partial charge in [0, 0.05) is 0 Å². The first kappa shape index (κ1) is 33.5. The molecule has 1 aromatic rings. The van der Waals surface area contributed by atoms with Crippen LogP contribution in [0.2, 0.25) is 0 Å². The molecule has 4 N–H and O–H groups in total. The maximum absolute atomic E-state index is 13.4. The third kappa shape index (κ3) is 11.8. The van der Waals surface area contributed by atoms with Crippen molar-refractivity contribution >= 4 is 29.8 Å². The summed E-state index contributed by atoms with van der Waals surface area (Å²) >= 11 is 0. The highest BCUT2D eigenvalue weighted by Gasteiger charge is 2.42. The molecular weight excluding hydrogens is 514 g/mol. The molecule has 0 saturated heterocycles. The molecule has 0 saturated carbocycles. The Morgan fingerprint density at radius 3 is 2.08 bits per heavy atom. The second kappa shape index (κ2) is 14.6. The molecule has 13 heteroatoms. The molecule has 1 aromatic carbocycles. The number of nitrogens with two attached hydrogens (primary N) is 1. The van der Waals surface area contributed by atoms with E-state index >= 15 is 0 Å². The van der Waals surface area contributed by atoms with Crippen LogP contribution < -0.4 is 11.1 Å². The van der Waals surface area contributed by atoms with Gasteiger partial charge in [0.1, 0.15) is 24.8 Å². The van der Waals surface area contributed by atoms with E-state index in [9.17, 15) is 29.1 Å². The third-order valence-corrected chi connectivity index (χ3v) is 4.84. The Bertz CT molecular complexity index is 1000. The number of amides is 3. The summed E-state index contributed by atoms with van der Waals surface area (Å²) in [5.74, 6) is -4.66. The summed E-state index contributed by atoms with van der Waals surface area (Å²) in [6.45, 7) is 8.40. The van der Waals surface area contributed by atoms with Crippen molar-refractivity contribution in [3.63, 3.8) is 0 Å². The first-order valence-electron chi connectivity index (χ1n) is 12.2. The van der Waals surface area contributed by atoms with E-state index in [0.717, 1.165) is 7.11 Å². The maximum atomic E-state index is 13.4. The van der Waals surface area contributed by atoms with Gasteiger partial charge in [-0.25, -0.2) is 14.4 Å². The minimum absolute atomic E-state index is 0.186. The van der Waals surface area contributed by atoms with Crippen molar-refractivity contribution in [2.75, 3.05) is 20.3 Å². The van der Waals surface area contributed by atoms with Crippen LogP contribution in [-0.2, 0) is 44.7 Å². The fourth-order valence-corrected chi connectivity index (χ4v) is 2.96. The Morgan fingerprint density at radius 2 is 1.56 bits per heavy atom. The van der Waals surface area contributed by atoms with Crippen LogP contribution in [0.25, 0.3) is 0 Å². The zero-order valence-corrected chi connectivity index (χ0v) is 23.4. The van der Waals surface area contributed by atoms with Gasteiger partial charge in [-0.15, -0.1) is 0 Å². The van der Waals surface area contributed by atoms with Crippen LogP contribution in [0.1, 0.15) is 47.1 Å². The van der Waals surface area contributed by atoms with Gasteiger partial charge in [0.15, 0.2) is 12.1 Å². The molecule has 13 nitrogen and oxygen atoms in total. The molecule has 0 aromatic heterocycles. The van der Waals surface area contributed by atoms with Gasteiger partial charge in [-0.3, -0.25) is 14.5 Å². The molecule has 1 rings (SSSR count). The summed E-state index contributed by atoms with van der Waals surface area (Å²) in [4.78, 5) is 64.2. The van der Waals surface area contributed by atoms with Crippen LogP contribution in [0, 0.1) is 0 Å². The number of hydrogen-bond acceptors (Lipinski definition) is 11. The van der Waals surface area contributed by atoms with Gasteiger partial charge in [-0.1, -0.05) is 30.3 Å². The number of imide groups is 1. The zero-order chi connectivity index (χ0) is 30.0. The summed E-state index contributed by atoms with van der Waals surface area (Å²) in [6.07, 6.45) is -3.11. The predicted octanol–water partition coefficient (Wildman–Crippen LogP) is 0.655. The summed E-state index contributed by atoms with van der Waals surface area (Å²) < 4.78 is 20.6. The van der Waals surface area contributed by atoms with E-state index in [1.54, 1.807) is 71.9 Å². The Morgan fingerprint density at radius 1 is 0.974 bits per heavy atom. The average Bonchev–Trinajstić information content (AvgIpc) is 2.85. The lowest BCUT2D eigenvalue weighted by Gasteiger charge is -2.33. The summed E-state index contributed by atoms with van der Waals surface area (Å²) in [5.41, 5.74) is 4.75. The van der Waals surface area contributed by atoms with E-state index in [1.807, 2.05) is 0 Å². The molecule has 3 atom stereocenters. The molecular formula is C26H39N3O10. The molecule has 218 valence electrons. The lowest BCUT2D eigenvalue weighted by Crippen LogP contribution is -2.61. The topological polar surface area (TPSA) is 184 Å². The average molecular weight is 554 g/mol. The number of aliphatic hydroxyl groups is 1. The van der Waals surface area contributed by atoms with Crippen LogP contribution in [-0.4, -0.2) is 89.5 Å². The van der Waals surface area contributed by atoms with Gasteiger partial charge in [0.05, 0.1) is 19.3 Å². The number of rotatable bonds is 11. The standard InChI is InChI=1S/C26H39N3O10/c1-25(2,3)38-15-17(22(33)37-14-16-11-9-8-10-12-16)29(21(32)19(27)20(31)23(34)36-7)18(30)13-28-24(35)39-26(4,5)6/h8-12,17,19-20,31H,13-15,27H2,1-7H3,(H,28,35)/t17-,19-,20-/m0/s1. The highest BCUT2D eigenvalue weighted by molar-refractivity contribution is 6.04. The summed E-state index contributed by atoms with van der Waals surface area (Å²) in [7, 11) is 0.970. The molecule has 0 heterocycles. The van der Waals surface area contributed by atoms with Crippen molar-refractivity contribution in [1.29, 1.82) is 0 Å². The van der Waals surface area contributed by atoms with Crippen LogP contribution in [0.5, 0.6) is 0 Å². The lowest BCUT2D eigenvalue weighted by atomic mass is 10.1. The van der Waals surface area contributed by atoms with Gasteiger partial charge in [0.25, 0.3) is 0 Å². The van der Waals surface area contributed by atoms with E-state index in [0.29, 0.717) is 10.5 Å². The highest BCUT2D eigenvalue weighted by atomic mass is 16.6. The summed E-state index contributed by atoms with van der Waals surface area (Å²) in [6, 6.07) is 4.96. The SMILES string of the molecule is COC(=O)[C@@H](O)[C@H](N)C(=O)N(C(=O)CNC(=O)OC(C)(C)C)[C@@H](COC(C)(C)C)C(=O)OCc1ccccc1. The molecule has 0 aliphatic rings. The number of methoxy groups -OCH3 is 1. The van der Waals surface area contributed by atoms with Gasteiger partial charge in [0.2, 0.25) is 11.8 Å². The van der Waals surface area contributed by atoms with Crippen molar-refractivity contribution in [2.45, 2.75) is 77.5 Å². The molecule has 0 unspecified atom stereocenters. The fraction of sp³-hybridized carbons (Fsp3) is 0.577. The minimum atomic E-state index is -2.15. The van der Waals surface area contributed by atoms with E-state index < -0.39 is 72.4 Å². The second-order valence-corrected chi connectivity index (χ2v) is 10.5. The molecule has 3 amide bonds. The number of esters is 2. The first-order valence-corrected chi connectivity index (χ1v) is 12.2. The monoisotopic (exact) mass is 553 g/mol. The Kier molecular flexibility index (Phi) is 12.5. The molecule has 0 aliphatic heterocycles. The molecule has 39 heavy (non-hydrogen) atoms. The quantitative estimate of drug-likeness (QED) is 0.258. The number of alkyl carbamates (subject to hydrolysis) is 1. The number of benzene rings is 1. The Balaban J connectivity index is 3.36. The van der Waals surface area contributed by atoms with Crippen molar-refractivity contribution in [3.05, 3.63) is 35.9 Å². The van der Waals surface area contributed by atoms with Gasteiger partial charge >= 0.3 is 18.0 Å². The molecule has 0 aliphatic carbocycles. The minimum Gasteiger partial charge on any atom is -0.467 e. The highest BCUT2D eigenvalue weighted by Crippen LogP contribution is 2.15. The van der Waals surface area contributed by atoms with Crippen molar-refractivity contribution < 1.29 is 48.0 Å². The first-order chi connectivity index (χ1) is 18.0. The zero-order valence-electron chi connectivity index (χ0n) is 23.4. The van der Waals surface area contributed by atoms with E-state index in [2.05, 4.69) is 10.1 Å². The Labute approximate surface area is 227 Å². The van der Waals surface area contributed by atoms with Gasteiger partial charge in [-0.05, 0) is 47.1 Å². The van der Waals surface area contributed by atoms with E-state index in [-0.39, 0.29) is 6.61 Å². The van der Waals surface area contributed by atoms with Crippen LogP contribution >= 0.6 is 0 Å². The third-order valence-electron chi connectivity index (χ3n) is 4.84. The molecule has 0 fully saturated rings. The number of aliphatic hydroxyl groups excluding tert-OH is 1. The van der Waals surface area contributed by atoms with Gasteiger partial charge in [-0.2, -0.15) is 0 Å². The summed E-state index contributed by atoms with van der Waals surface area (Å²) in [5, 5.41) is 12.4. The second-order valence-electron chi connectivity index (χ2n) is 10.5. The van der Waals surface area contributed by atoms with Crippen LogP contribution in [0.3, 0.4) is 0 Å². The van der Waals surface area contributed by atoms with E-state index in [4.69, 9.17) is 19.9 Å². The maximum Gasteiger partial charge on any atom is 0.408 e. The number of ether oxygens (including phenoxy) is 4. The Hall–Kier alpha value is -3.55. The number of nitrogens with one attached hydrogen (secondary N) is 1. The van der Waals surface area contributed by atoms with Crippen LogP contribution in [0.4, 0.5) is 4.79 Å². The molecule has 0 bridgehead atoms. The van der Waals surface area contributed by atoms with Crippen molar-refractivity contribution in [1.82, 2.24) is 10.2 Å². The number of carbonyl (C=O) groups excluding carboxylic acids is 5. The van der Waals surface area contributed by atoms with Gasteiger partial charge < -0.3 is 35.1 Å². The van der Waals surface area contributed by atoms with Crippen molar-refractivity contribution in [2.24, 2.45) is 5.73 Å². The molecule has 0 spiro atoms. The smallest absolute Gasteiger partial charge is 0.408 e. The van der Waals surface area contributed by atoms with E-state index in [1.165, 1.54) is 0 Å². The molecule has 0 radical (unpaired) electrons. The normalized spacial score (nSPS) is 13.9. The lowest BCUT2D eigenvalue weighted by molar-refractivity contribution is -0.169.